The number of hydrogen-bond donors (Lipinski definition) is 0. The van der Waals surface area contributed by atoms with Gasteiger partial charge in [-0.15, -0.1) is 0 Å². The van der Waals surface area contributed by atoms with Gasteiger partial charge in [0.05, 0.1) is 11.0 Å². The van der Waals surface area contributed by atoms with Gasteiger partial charge in [0, 0.05) is 17.8 Å². The number of fused-ring (bicyclic) bond motifs is 6. The summed E-state index contributed by atoms with van der Waals surface area (Å²) in [6.07, 6.45) is 0. The molecule has 0 spiro atoms. The fraction of sp³-hybridized carbons (Fsp3) is 0.158. The van der Waals surface area contributed by atoms with E-state index < -0.39 is 0 Å². The van der Waals surface area contributed by atoms with Crippen LogP contribution in [0.1, 0.15) is 17.0 Å². The van der Waals surface area contributed by atoms with E-state index in [9.17, 15) is 5.26 Å². The summed E-state index contributed by atoms with van der Waals surface area (Å²) >= 11 is 0. The number of imidazole rings is 1. The molecule has 0 radical (unpaired) electrons. The van der Waals surface area contributed by atoms with Crippen molar-refractivity contribution >= 4 is 32.6 Å². The molecule has 106 valence electrons. The lowest BCUT2D eigenvalue weighted by molar-refractivity contribution is 0.923. The normalized spacial score (nSPS) is 11.4. The number of hydrogen-bond acceptors (Lipinski definition) is 2. The second kappa shape index (κ2) is 4.32. The van der Waals surface area contributed by atoms with Gasteiger partial charge < -0.3 is 4.57 Å². The van der Waals surface area contributed by atoms with E-state index in [4.69, 9.17) is 0 Å². The first-order valence-electron chi connectivity index (χ1n) is 7.30. The van der Waals surface area contributed by atoms with Crippen molar-refractivity contribution in [2.75, 3.05) is 0 Å². The van der Waals surface area contributed by atoms with E-state index in [1.54, 1.807) is 0 Å². The van der Waals surface area contributed by atoms with Crippen molar-refractivity contribution < 1.29 is 0 Å². The van der Waals surface area contributed by atoms with Crippen LogP contribution in [0.3, 0.4) is 0 Å². The lowest BCUT2D eigenvalue weighted by atomic mass is 9.96. The summed E-state index contributed by atoms with van der Waals surface area (Å²) in [6.45, 7) is 4.26. The van der Waals surface area contributed by atoms with Gasteiger partial charge in [0.15, 0.2) is 0 Å². The van der Waals surface area contributed by atoms with Gasteiger partial charge in [-0.1, -0.05) is 30.3 Å². The maximum atomic E-state index is 9.33. The molecule has 0 saturated carbocycles. The molecule has 0 atom stereocenters. The second-order valence-corrected chi connectivity index (χ2v) is 5.83. The lowest BCUT2D eigenvalue weighted by Gasteiger charge is -2.10. The van der Waals surface area contributed by atoms with Crippen molar-refractivity contribution in [1.29, 1.82) is 5.26 Å². The molecule has 0 bridgehead atoms. The third-order valence-corrected chi connectivity index (χ3v) is 4.56. The van der Waals surface area contributed by atoms with E-state index in [1.807, 2.05) is 17.7 Å². The van der Waals surface area contributed by atoms with Crippen LogP contribution in [0.25, 0.3) is 32.6 Å². The maximum absolute atomic E-state index is 9.33. The van der Waals surface area contributed by atoms with Crippen LogP contribution in [0, 0.1) is 25.2 Å². The molecule has 1 heterocycles. The number of aromatic nitrogens is 2. The standard InChI is InChI=1S/C19H15N3/c1-11-8-15-13-6-4-5-7-14(13)18-19(16(15)9-12(11)2)22(3)17(10-20)21-18/h4-9H,1-3H3. The largest absolute Gasteiger partial charge is 0.318 e. The Morgan fingerprint density at radius 3 is 2.27 bits per heavy atom. The molecule has 4 rings (SSSR count). The number of aryl methyl sites for hydroxylation is 3. The average Bonchev–Trinajstić information content (AvgIpc) is 2.86. The minimum absolute atomic E-state index is 0.450. The Labute approximate surface area is 128 Å². The molecule has 0 fully saturated rings. The van der Waals surface area contributed by atoms with Crippen LogP contribution in [-0.2, 0) is 7.05 Å². The minimum Gasteiger partial charge on any atom is -0.318 e. The van der Waals surface area contributed by atoms with E-state index in [1.165, 1.54) is 21.9 Å². The molecule has 0 N–H and O–H groups in total. The summed E-state index contributed by atoms with van der Waals surface area (Å²) in [5.74, 6) is 0.450. The van der Waals surface area contributed by atoms with Gasteiger partial charge in [-0.05, 0) is 41.8 Å². The lowest BCUT2D eigenvalue weighted by Crippen LogP contribution is -1.93. The fourth-order valence-electron chi connectivity index (χ4n) is 3.25. The Morgan fingerprint density at radius 1 is 0.955 bits per heavy atom. The summed E-state index contributed by atoms with van der Waals surface area (Å²) in [5, 5.41) is 14.0. The van der Waals surface area contributed by atoms with Gasteiger partial charge in [0.2, 0.25) is 5.82 Å². The van der Waals surface area contributed by atoms with Crippen molar-refractivity contribution in [2.45, 2.75) is 13.8 Å². The summed E-state index contributed by atoms with van der Waals surface area (Å²) < 4.78 is 1.90. The van der Waals surface area contributed by atoms with E-state index in [2.05, 4.69) is 55.2 Å². The van der Waals surface area contributed by atoms with Crippen molar-refractivity contribution in [1.82, 2.24) is 9.55 Å². The molecule has 22 heavy (non-hydrogen) atoms. The Balaban J connectivity index is 2.43. The van der Waals surface area contributed by atoms with Crippen LogP contribution >= 0.6 is 0 Å². The second-order valence-electron chi connectivity index (χ2n) is 5.83. The smallest absolute Gasteiger partial charge is 0.213 e. The molecule has 1 aromatic heterocycles. The van der Waals surface area contributed by atoms with Crippen LogP contribution < -0.4 is 0 Å². The Bertz CT molecular complexity index is 1110. The molecule has 0 aliphatic rings. The third-order valence-electron chi connectivity index (χ3n) is 4.56. The molecule has 0 aliphatic heterocycles. The zero-order valence-electron chi connectivity index (χ0n) is 12.8. The van der Waals surface area contributed by atoms with Crippen LogP contribution in [0.15, 0.2) is 36.4 Å². The van der Waals surface area contributed by atoms with Gasteiger partial charge in [0.25, 0.3) is 0 Å². The van der Waals surface area contributed by atoms with Gasteiger partial charge in [0.1, 0.15) is 6.07 Å². The number of nitriles is 1. The highest BCUT2D eigenvalue weighted by Crippen LogP contribution is 2.36. The number of nitrogens with zero attached hydrogens (tertiary/aromatic N) is 3. The maximum Gasteiger partial charge on any atom is 0.213 e. The first kappa shape index (κ1) is 12.8. The van der Waals surface area contributed by atoms with Gasteiger partial charge in [-0.3, -0.25) is 0 Å². The Kier molecular flexibility index (Phi) is 2.52. The van der Waals surface area contributed by atoms with E-state index in [-0.39, 0.29) is 0 Å². The SMILES string of the molecule is Cc1cc2c3ccccc3c3nc(C#N)n(C)c3c2cc1C. The topological polar surface area (TPSA) is 41.6 Å². The monoisotopic (exact) mass is 285 g/mol. The molecule has 3 nitrogen and oxygen atoms in total. The average molecular weight is 285 g/mol. The van der Waals surface area contributed by atoms with Gasteiger partial charge >= 0.3 is 0 Å². The predicted molar refractivity (Wildman–Crippen MR) is 89.9 cm³/mol. The Hall–Kier alpha value is -2.86. The molecular formula is C19H15N3. The van der Waals surface area contributed by atoms with Crippen molar-refractivity contribution in [3.8, 4) is 6.07 Å². The molecule has 0 amide bonds. The highest BCUT2D eigenvalue weighted by Gasteiger charge is 2.16. The summed E-state index contributed by atoms with van der Waals surface area (Å²) in [5.41, 5.74) is 4.47. The van der Waals surface area contributed by atoms with Crippen LogP contribution in [0.5, 0.6) is 0 Å². The highest BCUT2D eigenvalue weighted by atomic mass is 15.1. The van der Waals surface area contributed by atoms with Crippen molar-refractivity contribution in [3.05, 3.63) is 53.3 Å². The van der Waals surface area contributed by atoms with E-state index in [0.717, 1.165) is 21.8 Å². The molecular weight excluding hydrogens is 270 g/mol. The molecule has 0 saturated heterocycles. The number of benzene rings is 3. The molecule has 3 aromatic carbocycles. The Morgan fingerprint density at radius 2 is 1.59 bits per heavy atom. The van der Waals surface area contributed by atoms with Crippen LogP contribution in [0.4, 0.5) is 0 Å². The predicted octanol–water partition coefficient (Wildman–Crippen LogP) is 4.37. The van der Waals surface area contributed by atoms with Gasteiger partial charge in [-0.25, -0.2) is 4.98 Å². The minimum atomic E-state index is 0.450. The first-order valence-corrected chi connectivity index (χ1v) is 7.30. The fourth-order valence-corrected chi connectivity index (χ4v) is 3.25. The van der Waals surface area contributed by atoms with Crippen molar-refractivity contribution in [3.63, 3.8) is 0 Å². The third kappa shape index (κ3) is 1.52. The van der Waals surface area contributed by atoms with Crippen LogP contribution in [-0.4, -0.2) is 9.55 Å². The first-order chi connectivity index (χ1) is 10.6. The van der Waals surface area contributed by atoms with Crippen LogP contribution in [0.2, 0.25) is 0 Å². The summed E-state index contributed by atoms with van der Waals surface area (Å²) in [6, 6.07) is 14.9. The van der Waals surface area contributed by atoms with E-state index in [0.29, 0.717) is 5.82 Å². The number of rotatable bonds is 0. The molecule has 4 aromatic rings. The summed E-state index contributed by atoms with van der Waals surface area (Å²) in [4.78, 5) is 4.56. The molecule has 0 aliphatic carbocycles. The zero-order valence-corrected chi connectivity index (χ0v) is 12.8. The zero-order chi connectivity index (χ0) is 15.4. The summed E-state index contributed by atoms with van der Waals surface area (Å²) in [7, 11) is 1.91. The quantitative estimate of drug-likeness (QED) is 0.450. The molecule has 3 heteroatoms. The van der Waals surface area contributed by atoms with Gasteiger partial charge in [-0.2, -0.15) is 5.26 Å². The highest BCUT2D eigenvalue weighted by molar-refractivity contribution is 6.23. The molecule has 0 unspecified atom stereocenters. The van der Waals surface area contributed by atoms with E-state index >= 15 is 0 Å². The van der Waals surface area contributed by atoms with Crippen molar-refractivity contribution in [2.24, 2.45) is 7.05 Å².